The zero-order valence-corrected chi connectivity index (χ0v) is 14.3. The number of aryl methyl sites for hydroxylation is 1. The van der Waals surface area contributed by atoms with Gasteiger partial charge in [-0.2, -0.15) is 10.2 Å². The van der Waals surface area contributed by atoms with Gasteiger partial charge in [0.2, 0.25) is 0 Å². The number of benzene rings is 1. The number of nitrogens with one attached hydrogen (secondary N) is 1. The summed E-state index contributed by atoms with van der Waals surface area (Å²) in [6.45, 7) is 4.74. The van der Waals surface area contributed by atoms with Gasteiger partial charge >= 0.3 is 0 Å². The first kappa shape index (κ1) is 16.4. The van der Waals surface area contributed by atoms with Gasteiger partial charge in [0.1, 0.15) is 0 Å². The van der Waals surface area contributed by atoms with Gasteiger partial charge in [-0.1, -0.05) is 25.1 Å². The molecular weight excluding hydrogens is 302 g/mol. The van der Waals surface area contributed by atoms with Crippen LogP contribution in [0.1, 0.15) is 31.9 Å². The lowest BCUT2D eigenvalue weighted by Gasteiger charge is -2.21. The predicted molar refractivity (Wildman–Crippen MR) is 94.8 cm³/mol. The van der Waals surface area contributed by atoms with Crippen LogP contribution in [-0.4, -0.2) is 25.6 Å². The average Bonchev–Trinajstić information content (AvgIpc) is 3.02. The minimum absolute atomic E-state index is 0.0452. The standard InChI is InChI=1S/C18H23N5O/c1-4-17(15-10-19-22(3)12-15)21-13(2)11-23-18(24)16-8-6-5-7-14(16)9-20-23/h5-10,12-13,17,21H,4,11H2,1-3H3/t13-,17-/m0/s1. The highest BCUT2D eigenvalue weighted by Crippen LogP contribution is 2.16. The van der Waals surface area contributed by atoms with Crippen LogP contribution in [0.15, 0.2) is 47.7 Å². The zero-order valence-electron chi connectivity index (χ0n) is 14.3. The molecule has 2 heterocycles. The molecule has 0 aliphatic rings. The smallest absolute Gasteiger partial charge is 0.274 e. The molecule has 24 heavy (non-hydrogen) atoms. The van der Waals surface area contributed by atoms with Crippen LogP contribution in [0.3, 0.4) is 0 Å². The van der Waals surface area contributed by atoms with E-state index in [0.29, 0.717) is 11.9 Å². The summed E-state index contributed by atoms with van der Waals surface area (Å²) in [5, 5.41) is 13.7. The Balaban J connectivity index is 1.76. The van der Waals surface area contributed by atoms with E-state index in [4.69, 9.17) is 0 Å². The van der Waals surface area contributed by atoms with E-state index < -0.39 is 0 Å². The third-order valence-corrected chi connectivity index (χ3v) is 4.23. The molecular formula is C18H23N5O. The molecule has 0 bridgehead atoms. The highest BCUT2D eigenvalue weighted by Gasteiger charge is 2.15. The summed E-state index contributed by atoms with van der Waals surface area (Å²) in [6, 6.07) is 7.87. The molecule has 0 saturated heterocycles. The third kappa shape index (κ3) is 3.38. The van der Waals surface area contributed by atoms with Crippen LogP contribution < -0.4 is 10.9 Å². The lowest BCUT2D eigenvalue weighted by molar-refractivity contribution is 0.386. The summed E-state index contributed by atoms with van der Waals surface area (Å²) in [4.78, 5) is 12.6. The average molecular weight is 325 g/mol. The zero-order chi connectivity index (χ0) is 17.1. The van der Waals surface area contributed by atoms with Gasteiger partial charge in [0, 0.05) is 36.3 Å². The number of rotatable bonds is 6. The lowest BCUT2D eigenvalue weighted by Crippen LogP contribution is -2.37. The van der Waals surface area contributed by atoms with E-state index in [0.717, 1.165) is 17.4 Å². The topological polar surface area (TPSA) is 64.7 Å². The quantitative estimate of drug-likeness (QED) is 0.755. The van der Waals surface area contributed by atoms with Crippen molar-refractivity contribution in [3.05, 3.63) is 58.8 Å². The van der Waals surface area contributed by atoms with Gasteiger partial charge in [0.05, 0.1) is 24.3 Å². The molecule has 1 aromatic carbocycles. The van der Waals surface area contributed by atoms with E-state index in [1.807, 2.05) is 43.7 Å². The van der Waals surface area contributed by atoms with Crippen LogP contribution in [0.4, 0.5) is 0 Å². The summed E-state index contributed by atoms with van der Waals surface area (Å²) in [6.07, 6.45) is 6.61. The van der Waals surface area contributed by atoms with Crippen molar-refractivity contribution in [1.29, 1.82) is 0 Å². The van der Waals surface area contributed by atoms with Gasteiger partial charge in [0.25, 0.3) is 5.56 Å². The Morgan fingerprint density at radius 3 is 2.71 bits per heavy atom. The largest absolute Gasteiger partial charge is 0.305 e. The van der Waals surface area contributed by atoms with Crippen LogP contribution in [0.2, 0.25) is 0 Å². The van der Waals surface area contributed by atoms with Crippen molar-refractivity contribution < 1.29 is 0 Å². The van der Waals surface area contributed by atoms with E-state index in [9.17, 15) is 4.79 Å². The molecule has 0 aliphatic carbocycles. The van der Waals surface area contributed by atoms with Crippen LogP contribution in [0.25, 0.3) is 10.8 Å². The number of nitrogens with zero attached hydrogens (tertiary/aromatic N) is 4. The molecule has 6 nitrogen and oxygen atoms in total. The van der Waals surface area contributed by atoms with Crippen molar-refractivity contribution >= 4 is 10.8 Å². The maximum absolute atomic E-state index is 12.6. The van der Waals surface area contributed by atoms with Gasteiger partial charge in [0.15, 0.2) is 0 Å². The Morgan fingerprint density at radius 1 is 1.21 bits per heavy atom. The second-order valence-electron chi connectivity index (χ2n) is 6.19. The maximum atomic E-state index is 12.6. The van der Waals surface area contributed by atoms with Crippen molar-refractivity contribution in [3.63, 3.8) is 0 Å². The summed E-state index contributed by atoms with van der Waals surface area (Å²) >= 11 is 0. The third-order valence-electron chi connectivity index (χ3n) is 4.23. The predicted octanol–water partition coefficient (Wildman–Crippen LogP) is 2.26. The van der Waals surface area contributed by atoms with E-state index in [-0.39, 0.29) is 17.6 Å². The van der Waals surface area contributed by atoms with Crippen molar-refractivity contribution in [2.75, 3.05) is 0 Å². The van der Waals surface area contributed by atoms with Crippen molar-refractivity contribution in [3.8, 4) is 0 Å². The normalized spacial score (nSPS) is 14.0. The molecule has 0 amide bonds. The Hall–Kier alpha value is -2.47. The molecule has 0 saturated carbocycles. The Kier molecular flexibility index (Phi) is 4.76. The number of hydrogen-bond donors (Lipinski definition) is 1. The summed E-state index contributed by atoms with van der Waals surface area (Å²) < 4.78 is 3.34. The molecule has 126 valence electrons. The first-order chi connectivity index (χ1) is 11.6. The molecule has 3 rings (SSSR count). The molecule has 0 spiro atoms. The van der Waals surface area contributed by atoms with Gasteiger partial charge in [-0.15, -0.1) is 0 Å². The Labute approximate surface area is 141 Å². The summed E-state index contributed by atoms with van der Waals surface area (Å²) in [5.41, 5.74) is 1.11. The van der Waals surface area contributed by atoms with Crippen molar-refractivity contribution in [2.45, 2.75) is 38.9 Å². The minimum Gasteiger partial charge on any atom is -0.305 e. The molecule has 6 heteroatoms. The first-order valence-electron chi connectivity index (χ1n) is 8.28. The molecule has 3 aromatic rings. The van der Waals surface area contributed by atoms with E-state index in [1.54, 1.807) is 10.9 Å². The molecule has 0 radical (unpaired) electrons. The van der Waals surface area contributed by atoms with Gasteiger partial charge in [-0.3, -0.25) is 9.48 Å². The van der Waals surface area contributed by atoms with E-state index in [1.165, 1.54) is 4.68 Å². The lowest BCUT2D eigenvalue weighted by atomic mass is 10.1. The fourth-order valence-electron chi connectivity index (χ4n) is 2.98. The molecule has 2 atom stereocenters. The van der Waals surface area contributed by atoms with Crippen LogP contribution in [0.5, 0.6) is 0 Å². The summed E-state index contributed by atoms with van der Waals surface area (Å²) in [5.74, 6) is 0. The van der Waals surface area contributed by atoms with Crippen LogP contribution in [-0.2, 0) is 13.6 Å². The monoisotopic (exact) mass is 325 g/mol. The highest BCUT2D eigenvalue weighted by atomic mass is 16.1. The Morgan fingerprint density at radius 2 is 2.00 bits per heavy atom. The van der Waals surface area contributed by atoms with Crippen LogP contribution >= 0.6 is 0 Å². The van der Waals surface area contributed by atoms with Gasteiger partial charge < -0.3 is 5.32 Å². The van der Waals surface area contributed by atoms with Crippen molar-refractivity contribution in [2.24, 2.45) is 7.05 Å². The second kappa shape index (κ2) is 6.97. The Bertz CT molecular complexity index is 882. The second-order valence-corrected chi connectivity index (χ2v) is 6.19. The SMILES string of the molecule is CC[C@H](N[C@@H](C)Cn1ncc2ccccc2c1=O)c1cnn(C)c1. The minimum atomic E-state index is -0.0452. The number of aromatic nitrogens is 4. The van der Waals surface area contributed by atoms with E-state index >= 15 is 0 Å². The summed E-state index contributed by atoms with van der Waals surface area (Å²) in [7, 11) is 1.91. The number of hydrogen-bond acceptors (Lipinski definition) is 4. The molecule has 0 fully saturated rings. The van der Waals surface area contributed by atoms with Crippen molar-refractivity contribution in [1.82, 2.24) is 24.9 Å². The molecule has 1 N–H and O–H groups in total. The van der Waals surface area contributed by atoms with Gasteiger partial charge in [-0.05, 0) is 19.4 Å². The highest BCUT2D eigenvalue weighted by molar-refractivity contribution is 5.80. The van der Waals surface area contributed by atoms with E-state index in [2.05, 4.69) is 29.4 Å². The molecule has 0 unspecified atom stereocenters. The van der Waals surface area contributed by atoms with Crippen LogP contribution in [0, 0.1) is 0 Å². The fraction of sp³-hybridized carbons (Fsp3) is 0.389. The molecule has 0 aliphatic heterocycles. The fourth-order valence-corrected chi connectivity index (χ4v) is 2.98. The number of fused-ring (bicyclic) bond motifs is 1. The van der Waals surface area contributed by atoms with Gasteiger partial charge in [-0.25, -0.2) is 4.68 Å². The molecule has 2 aromatic heterocycles. The maximum Gasteiger partial charge on any atom is 0.274 e. The first-order valence-corrected chi connectivity index (χ1v) is 8.28.